The van der Waals surface area contributed by atoms with Crippen molar-refractivity contribution in [3.63, 3.8) is 0 Å². The summed E-state index contributed by atoms with van der Waals surface area (Å²) in [6, 6.07) is 0. The predicted molar refractivity (Wildman–Crippen MR) is 20.6 cm³/mol. The summed E-state index contributed by atoms with van der Waals surface area (Å²) in [6.07, 6.45) is 0. The third-order valence-corrected chi connectivity index (χ3v) is 0.632. The molecule has 0 spiro atoms. The van der Waals surface area contributed by atoms with Gasteiger partial charge in [0, 0.05) is 0 Å². The fourth-order valence-corrected chi connectivity index (χ4v) is 0. The van der Waals surface area contributed by atoms with Crippen LogP contribution in [0, 0.1) is 0 Å². The third kappa shape index (κ3) is 11.2. The molecule has 0 aromatic carbocycles. The Morgan fingerprint density at radius 3 is 1.71 bits per heavy atom. The van der Waals surface area contributed by atoms with Gasteiger partial charge in [0.1, 0.15) is 5.88 Å². The maximum Gasteiger partial charge on any atom is 1.00 e. The quantitative estimate of drug-likeness (QED) is 0.293. The molecule has 38 valence electrons. The van der Waals surface area contributed by atoms with Crippen LogP contribution in [-0.2, 0) is 10.1 Å². The second-order valence-corrected chi connectivity index (χ2v) is 2.25. The van der Waals surface area contributed by atoms with Crippen molar-refractivity contribution >= 4 is 10.1 Å². The molecule has 0 saturated carbocycles. The van der Waals surface area contributed by atoms with E-state index in [4.69, 9.17) is 4.55 Å². The minimum absolute atomic E-state index is 0. The minimum atomic E-state index is -3.88. The van der Waals surface area contributed by atoms with E-state index in [1.54, 1.807) is 0 Å². The molecule has 0 atom stereocenters. The first-order valence-corrected chi connectivity index (χ1v) is 2.82. The summed E-state index contributed by atoms with van der Waals surface area (Å²) in [5, 5.41) is 0. The summed E-state index contributed by atoms with van der Waals surface area (Å²) >= 11 is 0. The van der Waals surface area contributed by atoms with E-state index in [0.717, 1.165) is 0 Å². The molecule has 0 fully saturated rings. The van der Waals surface area contributed by atoms with Crippen LogP contribution in [0.4, 0.5) is 0 Å². The van der Waals surface area contributed by atoms with Crippen LogP contribution in [0.25, 0.3) is 0 Å². The maximum absolute atomic E-state index is 9.43. The number of nitrogens with two attached hydrogens (primary N) is 1. The van der Waals surface area contributed by atoms with Gasteiger partial charge in [-0.1, -0.05) is 0 Å². The Morgan fingerprint density at radius 2 is 1.71 bits per heavy atom. The maximum atomic E-state index is 9.43. The molecule has 6 heteroatoms. The Morgan fingerprint density at radius 1 is 1.57 bits per heavy atom. The van der Waals surface area contributed by atoms with Gasteiger partial charge < -0.3 is 5.73 Å². The normalized spacial score (nSPS) is 10.0. The molecule has 0 aliphatic rings. The summed E-state index contributed by atoms with van der Waals surface area (Å²) in [5.41, 5.74) is 4.47. The molecule has 0 saturated heterocycles. The van der Waals surface area contributed by atoms with Crippen LogP contribution in [0.2, 0.25) is 0 Å². The Labute approximate surface area is 84.6 Å². The zero-order valence-corrected chi connectivity index (χ0v) is 7.90. The standard InChI is InChI=1S/CH5NO3S.K/c2-1-6(3,4)5;/h1-2H2,(H,3,4,5);/q;+1. The second-order valence-electron chi connectivity index (χ2n) is 0.749. The van der Waals surface area contributed by atoms with E-state index < -0.39 is 16.0 Å². The van der Waals surface area contributed by atoms with Gasteiger partial charge in [0.2, 0.25) is 0 Å². The van der Waals surface area contributed by atoms with E-state index in [1.165, 1.54) is 0 Å². The molecular formula is CH5KNO3S+. The smallest absolute Gasteiger partial charge is 0.316 e. The Kier molecular flexibility index (Phi) is 7.10. The van der Waals surface area contributed by atoms with E-state index in [9.17, 15) is 8.42 Å². The Balaban J connectivity index is 0. The van der Waals surface area contributed by atoms with Gasteiger partial charge in [0.25, 0.3) is 10.1 Å². The third-order valence-electron chi connectivity index (χ3n) is 0.211. The summed E-state index contributed by atoms with van der Waals surface area (Å²) in [7, 11) is -3.88. The monoisotopic (exact) mass is 150 g/mol. The molecule has 4 nitrogen and oxygen atoms in total. The van der Waals surface area contributed by atoms with E-state index in [0.29, 0.717) is 0 Å². The fraction of sp³-hybridized carbons (Fsp3) is 1.00. The molecule has 0 unspecified atom stereocenters. The van der Waals surface area contributed by atoms with Crippen molar-refractivity contribution < 1.29 is 64.4 Å². The topological polar surface area (TPSA) is 80.4 Å². The minimum Gasteiger partial charge on any atom is -0.316 e. The second kappa shape index (κ2) is 4.39. The Bertz CT molecular complexity index is 117. The molecule has 0 rings (SSSR count). The van der Waals surface area contributed by atoms with Crippen LogP contribution in [0.15, 0.2) is 0 Å². The van der Waals surface area contributed by atoms with Crippen LogP contribution >= 0.6 is 0 Å². The van der Waals surface area contributed by atoms with E-state index in [2.05, 4.69) is 5.73 Å². The van der Waals surface area contributed by atoms with Crippen LogP contribution in [0.3, 0.4) is 0 Å². The van der Waals surface area contributed by atoms with Crippen LogP contribution in [0.1, 0.15) is 0 Å². The molecule has 0 aliphatic heterocycles. The van der Waals surface area contributed by atoms with Gasteiger partial charge in [-0.25, -0.2) is 0 Å². The molecule has 0 aromatic rings. The van der Waals surface area contributed by atoms with Gasteiger partial charge >= 0.3 is 51.4 Å². The van der Waals surface area contributed by atoms with Crippen molar-refractivity contribution in [1.82, 2.24) is 0 Å². The van der Waals surface area contributed by atoms with Crippen molar-refractivity contribution in [3.8, 4) is 0 Å². The first-order valence-electron chi connectivity index (χ1n) is 1.21. The van der Waals surface area contributed by atoms with Crippen molar-refractivity contribution in [2.45, 2.75) is 0 Å². The summed E-state index contributed by atoms with van der Waals surface area (Å²) in [6.45, 7) is 0. The van der Waals surface area contributed by atoms with Crippen LogP contribution in [-0.4, -0.2) is 18.8 Å². The molecule has 0 radical (unpaired) electrons. The number of rotatable bonds is 1. The van der Waals surface area contributed by atoms with Crippen molar-refractivity contribution in [2.75, 3.05) is 5.88 Å². The molecule has 7 heavy (non-hydrogen) atoms. The average Bonchev–Trinajstić information content (AvgIpc) is 1.35. The van der Waals surface area contributed by atoms with E-state index in [-0.39, 0.29) is 51.4 Å². The molecule has 0 amide bonds. The molecule has 0 aliphatic carbocycles. The zero-order chi connectivity index (χ0) is 5.21. The predicted octanol–water partition coefficient (Wildman–Crippen LogP) is -4.21. The number of hydrogen-bond acceptors (Lipinski definition) is 3. The molecular weight excluding hydrogens is 145 g/mol. The van der Waals surface area contributed by atoms with Crippen molar-refractivity contribution in [1.29, 1.82) is 0 Å². The first-order chi connectivity index (χ1) is 2.56. The summed E-state index contributed by atoms with van der Waals surface area (Å²) in [4.78, 5) is 0. The first kappa shape index (κ1) is 11.3. The SMILES string of the molecule is NCS(=O)(=O)O.[K+]. The van der Waals surface area contributed by atoms with Crippen molar-refractivity contribution in [3.05, 3.63) is 0 Å². The summed E-state index contributed by atoms with van der Waals surface area (Å²) in [5.74, 6) is -0.701. The van der Waals surface area contributed by atoms with Gasteiger partial charge in [-0.2, -0.15) is 8.42 Å². The van der Waals surface area contributed by atoms with E-state index >= 15 is 0 Å². The van der Waals surface area contributed by atoms with Gasteiger partial charge in [-0.05, 0) is 0 Å². The van der Waals surface area contributed by atoms with Gasteiger partial charge in [-0.15, -0.1) is 0 Å². The van der Waals surface area contributed by atoms with Crippen LogP contribution < -0.4 is 57.1 Å². The molecule has 0 heterocycles. The Hall–Kier alpha value is 1.51. The van der Waals surface area contributed by atoms with Gasteiger partial charge in [0.05, 0.1) is 0 Å². The van der Waals surface area contributed by atoms with Gasteiger partial charge in [0.15, 0.2) is 0 Å². The molecule has 3 N–H and O–H groups in total. The van der Waals surface area contributed by atoms with E-state index in [1.807, 2.05) is 0 Å². The summed E-state index contributed by atoms with van der Waals surface area (Å²) < 4.78 is 26.5. The van der Waals surface area contributed by atoms with Crippen molar-refractivity contribution in [2.24, 2.45) is 5.73 Å². The zero-order valence-electron chi connectivity index (χ0n) is 3.96. The largest absolute Gasteiger partial charge is 1.00 e. The van der Waals surface area contributed by atoms with Gasteiger partial charge in [-0.3, -0.25) is 4.55 Å². The number of hydrogen-bond donors (Lipinski definition) is 2. The molecule has 0 bridgehead atoms. The molecule has 0 aromatic heterocycles. The average molecular weight is 150 g/mol. The van der Waals surface area contributed by atoms with Crippen LogP contribution in [0.5, 0.6) is 0 Å². The fourth-order valence-electron chi connectivity index (χ4n) is 0.